The summed E-state index contributed by atoms with van der Waals surface area (Å²) in [7, 11) is 1.79. The molecule has 0 spiro atoms. The van der Waals surface area contributed by atoms with E-state index in [2.05, 4.69) is 11.1 Å². The van der Waals surface area contributed by atoms with Gasteiger partial charge in [0, 0.05) is 12.7 Å². The van der Waals surface area contributed by atoms with Crippen molar-refractivity contribution in [2.75, 3.05) is 6.61 Å². The number of hydrogen-bond donors (Lipinski definition) is 0. The quantitative estimate of drug-likeness (QED) is 0.800. The first-order valence-electron chi connectivity index (χ1n) is 7.80. The average Bonchev–Trinajstić information content (AvgIpc) is 2.79. The third-order valence-corrected chi connectivity index (χ3v) is 5.05. The maximum atomic E-state index is 12.3. The van der Waals surface area contributed by atoms with Crippen molar-refractivity contribution in [3.63, 3.8) is 0 Å². The summed E-state index contributed by atoms with van der Waals surface area (Å²) < 4.78 is 6.78. The monoisotopic (exact) mass is 346 g/mol. The van der Waals surface area contributed by atoms with Crippen LogP contribution in [0, 0.1) is 20.8 Å². The molecule has 24 heavy (non-hydrogen) atoms. The summed E-state index contributed by atoms with van der Waals surface area (Å²) in [4.78, 5) is 29.4. The van der Waals surface area contributed by atoms with Gasteiger partial charge in [-0.15, -0.1) is 0 Å². The van der Waals surface area contributed by atoms with Crippen molar-refractivity contribution in [2.24, 2.45) is 12.0 Å². The van der Waals surface area contributed by atoms with E-state index in [4.69, 9.17) is 4.74 Å². The molecule has 2 aromatic rings. The third kappa shape index (κ3) is 4.00. The first-order valence-corrected chi connectivity index (χ1v) is 8.62. The SMILES string of the molecule is CCOC(=O)c1sc(=NC(=O)Cc2ccc(C)cc2C)n(C)c1C. The first-order chi connectivity index (χ1) is 11.3. The minimum absolute atomic E-state index is 0.228. The largest absolute Gasteiger partial charge is 0.462 e. The molecule has 0 saturated carbocycles. The number of thiazole rings is 1. The van der Waals surface area contributed by atoms with Crippen molar-refractivity contribution < 1.29 is 14.3 Å². The van der Waals surface area contributed by atoms with Crippen molar-refractivity contribution in [2.45, 2.75) is 34.1 Å². The second-order valence-electron chi connectivity index (χ2n) is 5.69. The first kappa shape index (κ1) is 18.1. The molecule has 1 amide bonds. The molecule has 0 radical (unpaired) electrons. The lowest BCUT2D eigenvalue weighted by Gasteiger charge is -2.04. The molecule has 5 nitrogen and oxygen atoms in total. The molecule has 0 aliphatic heterocycles. The van der Waals surface area contributed by atoms with Crippen LogP contribution in [0.25, 0.3) is 0 Å². The highest BCUT2D eigenvalue weighted by Gasteiger charge is 2.16. The number of amides is 1. The molecule has 0 aliphatic carbocycles. The van der Waals surface area contributed by atoms with Crippen LogP contribution in [0.3, 0.4) is 0 Å². The van der Waals surface area contributed by atoms with Crippen molar-refractivity contribution in [3.05, 3.63) is 50.3 Å². The molecule has 0 bridgehead atoms. The Balaban J connectivity index is 2.29. The van der Waals surface area contributed by atoms with Crippen LogP contribution in [0.1, 0.15) is 39.0 Å². The molecule has 128 valence electrons. The number of aromatic nitrogens is 1. The molecule has 0 atom stereocenters. The number of carbonyl (C=O) groups excluding carboxylic acids is 2. The van der Waals surface area contributed by atoms with E-state index < -0.39 is 0 Å². The maximum absolute atomic E-state index is 12.3. The standard InChI is InChI=1S/C18H22N2O3S/c1-6-23-17(22)16-13(4)20(5)18(24-16)19-15(21)10-14-8-7-11(2)9-12(14)3/h7-9H,6,10H2,1-5H3. The molecular weight excluding hydrogens is 324 g/mol. The highest BCUT2D eigenvalue weighted by Crippen LogP contribution is 2.14. The van der Waals surface area contributed by atoms with Crippen LogP contribution in [-0.2, 0) is 23.0 Å². The van der Waals surface area contributed by atoms with E-state index in [1.165, 1.54) is 16.9 Å². The van der Waals surface area contributed by atoms with Gasteiger partial charge >= 0.3 is 5.97 Å². The summed E-state index contributed by atoms with van der Waals surface area (Å²) in [5.74, 6) is -0.604. The van der Waals surface area contributed by atoms with Gasteiger partial charge in [-0.1, -0.05) is 35.1 Å². The van der Waals surface area contributed by atoms with E-state index in [9.17, 15) is 9.59 Å². The van der Waals surface area contributed by atoms with E-state index >= 15 is 0 Å². The molecule has 1 heterocycles. The molecule has 0 fully saturated rings. The fraction of sp³-hybridized carbons (Fsp3) is 0.389. The van der Waals surface area contributed by atoms with Gasteiger partial charge in [-0.05, 0) is 38.8 Å². The molecular formula is C18H22N2O3S. The van der Waals surface area contributed by atoms with Gasteiger partial charge in [0.25, 0.3) is 5.91 Å². The van der Waals surface area contributed by atoms with Gasteiger partial charge in [0.1, 0.15) is 4.88 Å². The minimum atomic E-state index is -0.376. The van der Waals surface area contributed by atoms with Gasteiger partial charge in [-0.25, -0.2) is 4.79 Å². The minimum Gasteiger partial charge on any atom is -0.462 e. The summed E-state index contributed by atoms with van der Waals surface area (Å²) in [6.07, 6.45) is 0.248. The second-order valence-corrected chi connectivity index (χ2v) is 6.67. The van der Waals surface area contributed by atoms with Gasteiger partial charge in [-0.2, -0.15) is 4.99 Å². The zero-order valence-corrected chi connectivity index (χ0v) is 15.5. The van der Waals surface area contributed by atoms with Crippen LogP contribution in [0.5, 0.6) is 0 Å². The molecule has 1 aromatic carbocycles. The number of ether oxygens (including phenoxy) is 1. The van der Waals surface area contributed by atoms with Gasteiger partial charge in [0.05, 0.1) is 13.0 Å². The number of rotatable bonds is 4. The van der Waals surface area contributed by atoms with Crippen LogP contribution in [0.2, 0.25) is 0 Å². The molecule has 0 unspecified atom stereocenters. The molecule has 2 rings (SSSR count). The highest BCUT2D eigenvalue weighted by molar-refractivity contribution is 7.11. The fourth-order valence-electron chi connectivity index (χ4n) is 2.37. The van der Waals surface area contributed by atoms with Crippen LogP contribution >= 0.6 is 11.3 Å². The van der Waals surface area contributed by atoms with Crippen molar-refractivity contribution in [1.29, 1.82) is 0 Å². The average molecular weight is 346 g/mol. The predicted octanol–water partition coefficient (Wildman–Crippen LogP) is 2.86. The number of carbonyl (C=O) groups is 2. The zero-order valence-electron chi connectivity index (χ0n) is 14.7. The van der Waals surface area contributed by atoms with Crippen LogP contribution < -0.4 is 4.80 Å². The Morgan fingerprint density at radius 2 is 1.96 bits per heavy atom. The van der Waals surface area contributed by atoms with Crippen molar-refractivity contribution in [3.8, 4) is 0 Å². The summed E-state index contributed by atoms with van der Waals surface area (Å²) in [6, 6.07) is 6.00. The van der Waals surface area contributed by atoms with Crippen LogP contribution in [-0.4, -0.2) is 23.1 Å². The molecule has 0 aliphatic rings. The van der Waals surface area contributed by atoms with E-state index in [0.29, 0.717) is 16.3 Å². The van der Waals surface area contributed by atoms with E-state index in [1.807, 2.05) is 32.9 Å². The van der Waals surface area contributed by atoms with Crippen molar-refractivity contribution in [1.82, 2.24) is 4.57 Å². The number of benzene rings is 1. The van der Waals surface area contributed by atoms with Gasteiger partial charge in [0.15, 0.2) is 4.80 Å². The van der Waals surface area contributed by atoms with Crippen LogP contribution in [0.15, 0.2) is 23.2 Å². The van der Waals surface area contributed by atoms with Gasteiger partial charge in [-0.3, -0.25) is 4.79 Å². The predicted molar refractivity (Wildman–Crippen MR) is 94.2 cm³/mol. The number of nitrogens with zero attached hydrogens (tertiary/aromatic N) is 2. The van der Waals surface area contributed by atoms with Gasteiger partial charge in [0.2, 0.25) is 0 Å². The number of aryl methyl sites for hydroxylation is 2. The lowest BCUT2D eigenvalue weighted by atomic mass is 10.0. The zero-order chi connectivity index (χ0) is 17.9. The van der Waals surface area contributed by atoms with Crippen LogP contribution in [0.4, 0.5) is 0 Å². The number of esters is 1. The summed E-state index contributed by atoms with van der Waals surface area (Å²) in [5, 5.41) is 0. The summed E-state index contributed by atoms with van der Waals surface area (Å²) in [6.45, 7) is 7.91. The smallest absolute Gasteiger partial charge is 0.350 e. The molecule has 0 N–H and O–H groups in total. The highest BCUT2D eigenvalue weighted by atomic mass is 32.1. The maximum Gasteiger partial charge on any atom is 0.350 e. The third-order valence-electron chi connectivity index (χ3n) is 3.83. The Morgan fingerprint density at radius 3 is 2.58 bits per heavy atom. The van der Waals surface area contributed by atoms with E-state index in [0.717, 1.165) is 16.8 Å². The summed E-state index contributed by atoms with van der Waals surface area (Å²) in [5.41, 5.74) is 3.96. The topological polar surface area (TPSA) is 60.7 Å². The number of hydrogen-bond acceptors (Lipinski definition) is 4. The Morgan fingerprint density at radius 1 is 1.25 bits per heavy atom. The Hall–Kier alpha value is -2.21. The second kappa shape index (κ2) is 7.57. The van der Waals surface area contributed by atoms with Gasteiger partial charge < -0.3 is 9.30 Å². The molecule has 1 aromatic heterocycles. The Bertz CT molecular complexity index is 846. The lowest BCUT2D eigenvalue weighted by molar-refractivity contribution is -0.117. The van der Waals surface area contributed by atoms with Crippen molar-refractivity contribution >= 4 is 23.2 Å². The van der Waals surface area contributed by atoms with E-state index in [-0.39, 0.29) is 18.3 Å². The van der Waals surface area contributed by atoms with E-state index in [1.54, 1.807) is 18.5 Å². The Kier molecular flexibility index (Phi) is 5.72. The Labute approximate surface area is 145 Å². The molecule has 6 heteroatoms. The fourth-order valence-corrected chi connectivity index (χ4v) is 3.40. The molecule has 0 saturated heterocycles. The lowest BCUT2D eigenvalue weighted by Crippen LogP contribution is -2.15. The summed E-state index contributed by atoms with van der Waals surface area (Å²) >= 11 is 1.18. The normalized spacial score (nSPS) is 11.6.